The zero-order valence-electron chi connectivity index (χ0n) is 8.54. The van der Waals surface area contributed by atoms with Crippen LogP contribution in [0.25, 0.3) is 0 Å². The molecule has 3 nitrogen and oxygen atoms in total. The van der Waals surface area contributed by atoms with E-state index in [0.717, 1.165) is 5.56 Å². The minimum atomic E-state index is -0.477. The smallest absolute Gasteiger partial charge is 0.339 e. The summed E-state index contributed by atoms with van der Waals surface area (Å²) in [7, 11) is 1.29. The third-order valence-corrected chi connectivity index (χ3v) is 2.20. The van der Waals surface area contributed by atoms with Crippen LogP contribution in [-0.2, 0) is 16.0 Å². The summed E-state index contributed by atoms with van der Waals surface area (Å²) in [6.45, 7) is 1.50. The van der Waals surface area contributed by atoms with E-state index in [2.05, 4.69) is 4.74 Å². The van der Waals surface area contributed by atoms with Crippen molar-refractivity contribution in [3.63, 3.8) is 0 Å². The van der Waals surface area contributed by atoms with Crippen molar-refractivity contribution in [3.05, 3.63) is 34.3 Å². The number of ketones is 1. The lowest BCUT2D eigenvalue weighted by Gasteiger charge is -2.04. The molecule has 1 aromatic rings. The van der Waals surface area contributed by atoms with Crippen LogP contribution in [-0.4, -0.2) is 18.9 Å². The Bertz CT molecular complexity index is 399. The first-order valence-corrected chi connectivity index (χ1v) is 4.78. The van der Waals surface area contributed by atoms with Gasteiger partial charge >= 0.3 is 5.97 Å². The van der Waals surface area contributed by atoms with E-state index in [-0.39, 0.29) is 5.78 Å². The molecule has 15 heavy (non-hydrogen) atoms. The van der Waals surface area contributed by atoms with E-state index in [1.165, 1.54) is 14.0 Å². The van der Waals surface area contributed by atoms with Crippen LogP contribution in [0.4, 0.5) is 0 Å². The molecule has 0 saturated heterocycles. The monoisotopic (exact) mass is 226 g/mol. The number of hydrogen-bond donors (Lipinski definition) is 0. The molecule has 0 aliphatic carbocycles. The standard InChI is InChI=1S/C11H11ClO3/c1-7(13)5-8-3-4-9(10(12)6-8)11(14)15-2/h3-4,6H,5H2,1-2H3. The quantitative estimate of drug-likeness (QED) is 0.743. The zero-order valence-corrected chi connectivity index (χ0v) is 9.30. The maximum absolute atomic E-state index is 11.2. The van der Waals surface area contributed by atoms with E-state index < -0.39 is 5.97 Å². The van der Waals surface area contributed by atoms with Gasteiger partial charge < -0.3 is 4.74 Å². The second kappa shape index (κ2) is 4.94. The molecule has 4 heteroatoms. The number of esters is 1. The normalized spacial score (nSPS) is 9.80. The van der Waals surface area contributed by atoms with Crippen LogP contribution in [0, 0.1) is 0 Å². The first-order chi connectivity index (χ1) is 7.04. The summed E-state index contributed by atoms with van der Waals surface area (Å²) in [6, 6.07) is 4.86. The van der Waals surface area contributed by atoms with Crippen LogP contribution >= 0.6 is 11.6 Å². The Kier molecular flexibility index (Phi) is 3.86. The highest BCUT2D eigenvalue weighted by Crippen LogP contribution is 2.19. The van der Waals surface area contributed by atoms with Crippen LogP contribution < -0.4 is 0 Å². The van der Waals surface area contributed by atoms with E-state index in [4.69, 9.17) is 11.6 Å². The number of methoxy groups -OCH3 is 1. The maximum Gasteiger partial charge on any atom is 0.339 e. The number of hydrogen-bond acceptors (Lipinski definition) is 3. The lowest BCUT2D eigenvalue weighted by Crippen LogP contribution is -2.03. The van der Waals surface area contributed by atoms with Crippen molar-refractivity contribution in [3.8, 4) is 0 Å². The summed E-state index contributed by atoms with van der Waals surface area (Å²) in [5, 5.41) is 0.306. The van der Waals surface area contributed by atoms with Crippen molar-refractivity contribution >= 4 is 23.4 Å². The Morgan fingerprint density at radius 2 is 2.07 bits per heavy atom. The van der Waals surface area contributed by atoms with Gasteiger partial charge in [0.15, 0.2) is 0 Å². The molecular formula is C11H11ClO3. The molecular weight excluding hydrogens is 216 g/mol. The lowest BCUT2D eigenvalue weighted by molar-refractivity contribution is -0.116. The Balaban J connectivity index is 2.97. The average molecular weight is 227 g/mol. The molecule has 0 atom stereocenters. The molecule has 1 aromatic carbocycles. The van der Waals surface area contributed by atoms with Gasteiger partial charge in [-0.1, -0.05) is 17.7 Å². The second-order valence-electron chi connectivity index (χ2n) is 3.18. The Labute approximate surface area is 93.0 Å². The molecule has 0 bridgehead atoms. The SMILES string of the molecule is COC(=O)c1ccc(CC(C)=O)cc1Cl. The Morgan fingerprint density at radius 3 is 2.53 bits per heavy atom. The minimum absolute atomic E-state index is 0.0527. The maximum atomic E-state index is 11.2. The highest BCUT2D eigenvalue weighted by atomic mass is 35.5. The first-order valence-electron chi connectivity index (χ1n) is 4.40. The third-order valence-electron chi connectivity index (χ3n) is 1.89. The van der Waals surface area contributed by atoms with E-state index in [1.54, 1.807) is 18.2 Å². The number of halogens is 1. The summed E-state index contributed by atoms with van der Waals surface area (Å²) in [4.78, 5) is 22.1. The largest absolute Gasteiger partial charge is 0.465 e. The van der Waals surface area contributed by atoms with Crippen LogP contribution in [0.1, 0.15) is 22.8 Å². The molecule has 0 aliphatic heterocycles. The van der Waals surface area contributed by atoms with Crippen molar-refractivity contribution in [1.82, 2.24) is 0 Å². The molecule has 0 saturated carbocycles. The Hall–Kier alpha value is -1.35. The molecule has 0 N–H and O–H groups in total. The molecule has 0 spiro atoms. The third kappa shape index (κ3) is 3.06. The molecule has 0 unspecified atom stereocenters. The second-order valence-corrected chi connectivity index (χ2v) is 3.59. The van der Waals surface area contributed by atoms with Crippen LogP contribution in [0.2, 0.25) is 5.02 Å². The number of benzene rings is 1. The van der Waals surface area contributed by atoms with Gasteiger partial charge in [-0.15, -0.1) is 0 Å². The zero-order chi connectivity index (χ0) is 11.4. The summed E-state index contributed by atoms with van der Waals surface area (Å²) < 4.78 is 4.55. The number of ether oxygens (including phenoxy) is 1. The van der Waals surface area contributed by atoms with Gasteiger partial charge in [0.05, 0.1) is 17.7 Å². The fraction of sp³-hybridized carbons (Fsp3) is 0.273. The molecule has 1 rings (SSSR count). The van der Waals surface area contributed by atoms with E-state index >= 15 is 0 Å². The molecule has 80 valence electrons. The lowest BCUT2D eigenvalue weighted by atomic mass is 10.1. The van der Waals surface area contributed by atoms with E-state index in [1.807, 2.05) is 0 Å². The summed E-state index contributed by atoms with van der Waals surface area (Å²) >= 11 is 5.87. The van der Waals surface area contributed by atoms with Gasteiger partial charge in [-0.2, -0.15) is 0 Å². The van der Waals surface area contributed by atoms with Gasteiger partial charge in [0.2, 0.25) is 0 Å². The summed E-state index contributed by atoms with van der Waals surface area (Å²) in [5.74, 6) is -0.425. The van der Waals surface area contributed by atoms with Crippen molar-refractivity contribution in [2.24, 2.45) is 0 Å². The van der Waals surface area contributed by atoms with Crippen LogP contribution in [0.15, 0.2) is 18.2 Å². The van der Waals surface area contributed by atoms with Gasteiger partial charge in [0, 0.05) is 6.42 Å². The number of carbonyl (C=O) groups is 2. The summed E-state index contributed by atoms with van der Waals surface area (Å²) in [6.07, 6.45) is 0.321. The predicted molar refractivity (Wildman–Crippen MR) is 57.2 cm³/mol. The fourth-order valence-corrected chi connectivity index (χ4v) is 1.51. The summed E-state index contributed by atoms with van der Waals surface area (Å²) in [5.41, 5.74) is 1.10. The predicted octanol–water partition coefficient (Wildman–Crippen LogP) is 2.26. The van der Waals surface area contributed by atoms with E-state index in [9.17, 15) is 9.59 Å². The van der Waals surface area contributed by atoms with Crippen LogP contribution in [0.5, 0.6) is 0 Å². The number of carbonyl (C=O) groups excluding carboxylic acids is 2. The minimum Gasteiger partial charge on any atom is -0.465 e. The van der Waals surface area contributed by atoms with E-state index in [0.29, 0.717) is 17.0 Å². The van der Waals surface area contributed by atoms with Crippen molar-refractivity contribution < 1.29 is 14.3 Å². The van der Waals surface area contributed by atoms with Gasteiger partial charge in [-0.05, 0) is 24.6 Å². The molecule has 0 aromatic heterocycles. The Morgan fingerprint density at radius 1 is 1.40 bits per heavy atom. The molecule has 0 heterocycles. The van der Waals surface area contributed by atoms with Gasteiger partial charge in [-0.25, -0.2) is 4.79 Å². The highest BCUT2D eigenvalue weighted by Gasteiger charge is 2.11. The molecule has 0 fully saturated rings. The van der Waals surface area contributed by atoms with Crippen molar-refractivity contribution in [2.75, 3.05) is 7.11 Å². The topological polar surface area (TPSA) is 43.4 Å². The van der Waals surface area contributed by atoms with Crippen molar-refractivity contribution in [1.29, 1.82) is 0 Å². The molecule has 0 aliphatic rings. The van der Waals surface area contributed by atoms with Crippen molar-refractivity contribution in [2.45, 2.75) is 13.3 Å². The average Bonchev–Trinajstić information content (AvgIpc) is 2.16. The van der Waals surface area contributed by atoms with Crippen LogP contribution in [0.3, 0.4) is 0 Å². The number of Topliss-reactive ketones (excluding diaryl/α,β-unsaturated/α-hetero) is 1. The van der Waals surface area contributed by atoms with Gasteiger partial charge in [0.25, 0.3) is 0 Å². The van der Waals surface area contributed by atoms with Gasteiger partial charge in [-0.3, -0.25) is 4.79 Å². The highest BCUT2D eigenvalue weighted by molar-refractivity contribution is 6.33. The fourth-order valence-electron chi connectivity index (χ4n) is 1.23. The molecule has 0 amide bonds. The molecule has 0 radical (unpaired) electrons. The van der Waals surface area contributed by atoms with Gasteiger partial charge in [0.1, 0.15) is 5.78 Å². The number of rotatable bonds is 3. The first kappa shape index (κ1) is 11.7.